The number of carbonyl (C=O) groups excluding carboxylic acids is 1. The van der Waals surface area contributed by atoms with Crippen molar-refractivity contribution in [2.75, 3.05) is 20.6 Å². The van der Waals surface area contributed by atoms with E-state index in [4.69, 9.17) is 4.79 Å². The SMILES string of the molecule is CC=O.CCNC.CN.II. The normalized spacial score (nSPS) is 5.00. The van der Waals surface area contributed by atoms with Gasteiger partial charge in [0.2, 0.25) is 0 Å². The summed E-state index contributed by atoms with van der Waals surface area (Å²) in [4.78, 5) is 8.81. The lowest BCUT2D eigenvalue weighted by Gasteiger charge is -1.76. The summed E-state index contributed by atoms with van der Waals surface area (Å²) in [5.74, 6) is 0. The van der Waals surface area contributed by atoms with Crippen LogP contribution in [0, 0.1) is 0 Å². The first-order valence-electron chi connectivity index (χ1n) is 3.09. The number of carbonyl (C=O) groups is 1. The van der Waals surface area contributed by atoms with Crippen LogP contribution in [0.5, 0.6) is 0 Å². The summed E-state index contributed by atoms with van der Waals surface area (Å²) in [5.41, 5.74) is 4.50. The Bertz CT molecular complexity index is 37.8. The summed E-state index contributed by atoms with van der Waals surface area (Å²) in [6, 6.07) is 0. The van der Waals surface area contributed by atoms with Crippen LogP contribution >= 0.6 is 37.2 Å². The smallest absolute Gasteiger partial charge is 0.116 e. The van der Waals surface area contributed by atoms with Crippen LogP contribution in [0.15, 0.2) is 0 Å². The molecule has 0 aromatic heterocycles. The second kappa shape index (κ2) is 68.0. The molecule has 0 bridgehead atoms. The molecule has 0 saturated heterocycles. The number of hydrogen-bond donors (Lipinski definition) is 2. The third-order valence-electron chi connectivity index (χ3n) is 0.354. The standard InChI is InChI=1S/C3H9N.C2H4O.CH5N.I2/c1-3-4-2;1-2-3;2*1-2/h4H,3H2,1-2H3;2H,1H3;2H2,1H3;. The molecule has 0 saturated carbocycles. The Morgan fingerprint density at radius 1 is 1.45 bits per heavy atom. The fourth-order valence-electron chi connectivity index (χ4n) is 0. The lowest BCUT2D eigenvalue weighted by molar-refractivity contribution is -0.106. The van der Waals surface area contributed by atoms with Crippen molar-refractivity contribution in [3.63, 3.8) is 0 Å². The van der Waals surface area contributed by atoms with E-state index < -0.39 is 0 Å². The van der Waals surface area contributed by atoms with Crippen LogP contribution in [0.4, 0.5) is 0 Å². The van der Waals surface area contributed by atoms with E-state index in [9.17, 15) is 0 Å². The highest BCUT2D eigenvalue weighted by Crippen LogP contribution is 1.89. The molecule has 11 heavy (non-hydrogen) atoms. The van der Waals surface area contributed by atoms with Gasteiger partial charge >= 0.3 is 0 Å². The van der Waals surface area contributed by atoms with Crippen LogP contribution in [0.25, 0.3) is 0 Å². The Hall–Kier alpha value is 1.05. The molecule has 5 heteroatoms. The van der Waals surface area contributed by atoms with Crippen molar-refractivity contribution in [1.82, 2.24) is 5.32 Å². The number of rotatable bonds is 1. The van der Waals surface area contributed by atoms with Crippen molar-refractivity contribution < 1.29 is 4.79 Å². The van der Waals surface area contributed by atoms with Gasteiger partial charge in [0.25, 0.3) is 0 Å². The highest BCUT2D eigenvalue weighted by atomic mass is 128. The predicted octanol–water partition coefficient (Wildman–Crippen LogP) is 1.78. The minimum atomic E-state index is 0.750. The fourth-order valence-corrected chi connectivity index (χ4v) is 0. The molecule has 0 aromatic carbocycles. The molecule has 3 N–H and O–H groups in total. The molecule has 0 aliphatic carbocycles. The molecule has 3 nitrogen and oxygen atoms in total. The lowest BCUT2D eigenvalue weighted by Crippen LogP contribution is -2.01. The zero-order chi connectivity index (χ0) is 10.1. The quantitative estimate of drug-likeness (QED) is 0.532. The van der Waals surface area contributed by atoms with Gasteiger partial charge in [-0.3, -0.25) is 0 Å². The molecule has 0 aliphatic rings. The molecular weight excluding hydrogens is 370 g/mol. The Balaban J connectivity index is -0.0000000315. The maximum atomic E-state index is 8.81. The number of nitrogens with two attached hydrogens (primary N) is 1. The molecule has 0 aromatic rings. The fraction of sp³-hybridized carbons (Fsp3) is 0.833. The molecule has 72 valence electrons. The molecule has 0 heterocycles. The highest BCUT2D eigenvalue weighted by molar-refractivity contribution is 15.0. The minimum Gasteiger partial charge on any atom is -0.333 e. The van der Waals surface area contributed by atoms with Crippen LogP contribution in [0.2, 0.25) is 0 Å². The van der Waals surface area contributed by atoms with E-state index in [-0.39, 0.29) is 0 Å². The molecule has 0 radical (unpaired) electrons. The van der Waals surface area contributed by atoms with Gasteiger partial charge in [0.05, 0.1) is 0 Å². The van der Waals surface area contributed by atoms with E-state index in [1.165, 1.54) is 14.0 Å². The molecule has 0 spiro atoms. The van der Waals surface area contributed by atoms with Gasteiger partial charge in [0, 0.05) is 37.2 Å². The average Bonchev–Trinajstić information content (AvgIpc) is 2.12. The van der Waals surface area contributed by atoms with Crippen molar-refractivity contribution in [3.8, 4) is 0 Å². The number of nitrogens with one attached hydrogen (secondary N) is 1. The largest absolute Gasteiger partial charge is 0.333 e. The molecule has 0 atom stereocenters. The maximum Gasteiger partial charge on any atom is 0.116 e. The number of aldehydes is 1. The zero-order valence-electron chi connectivity index (χ0n) is 7.53. The van der Waals surface area contributed by atoms with Gasteiger partial charge in [-0.25, -0.2) is 0 Å². The van der Waals surface area contributed by atoms with E-state index >= 15 is 0 Å². The van der Waals surface area contributed by atoms with Gasteiger partial charge in [-0.2, -0.15) is 0 Å². The van der Waals surface area contributed by atoms with Gasteiger partial charge in [-0.05, 0) is 27.6 Å². The second-order valence-electron chi connectivity index (χ2n) is 0.943. The first-order valence-corrected chi connectivity index (χ1v) is 9.38. The summed E-state index contributed by atoms with van der Waals surface area (Å²) >= 11 is 4.24. The Kier molecular flexibility index (Phi) is 140. The number of hydrogen-bond acceptors (Lipinski definition) is 3. The number of halogens is 2. The predicted molar refractivity (Wildman–Crippen MR) is 69.5 cm³/mol. The zero-order valence-corrected chi connectivity index (χ0v) is 11.8. The first kappa shape index (κ1) is 22.7. The van der Waals surface area contributed by atoms with Crippen LogP contribution in [0.1, 0.15) is 13.8 Å². The van der Waals surface area contributed by atoms with Crippen molar-refractivity contribution >= 4 is 43.5 Å². The molecule has 0 fully saturated rings. The van der Waals surface area contributed by atoms with Crippen LogP contribution in [0.3, 0.4) is 0 Å². The summed E-state index contributed by atoms with van der Waals surface area (Å²) in [6.45, 7) is 4.58. The van der Waals surface area contributed by atoms with E-state index in [1.807, 2.05) is 7.05 Å². The Labute approximate surface area is 93.2 Å². The highest BCUT2D eigenvalue weighted by Gasteiger charge is 1.50. The topological polar surface area (TPSA) is 55.1 Å². The first-order chi connectivity index (χ1) is 5.33. The van der Waals surface area contributed by atoms with Gasteiger partial charge in [-0.1, -0.05) is 6.92 Å². The summed E-state index contributed by atoms with van der Waals surface area (Å²) in [6.07, 6.45) is 0.750. The van der Waals surface area contributed by atoms with Crippen molar-refractivity contribution in [2.24, 2.45) is 5.73 Å². The third kappa shape index (κ3) is 215. The van der Waals surface area contributed by atoms with Crippen molar-refractivity contribution in [1.29, 1.82) is 0 Å². The monoisotopic (exact) mass is 388 g/mol. The second-order valence-corrected chi connectivity index (χ2v) is 0.943. The molecule has 0 aliphatic heterocycles. The summed E-state index contributed by atoms with van der Waals surface area (Å²) in [5, 5.41) is 2.93. The van der Waals surface area contributed by atoms with Crippen LogP contribution in [-0.2, 0) is 4.79 Å². The van der Waals surface area contributed by atoms with Gasteiger partial charge in [0.1, 0.15) is 6.29 Å². The van der Waals surface area contributed by atoms with Crippen LogP contribution < -0.4 is 11.1 Å². The molecule has 0 unspecified atom stereocenters. The third-order valence-corrected chi connectivity index (χ3v) is 0.354. The maximum absolute atomic E-state index is 8.81. The van der Waals surface area contributed by atoms with Gasteiger partial charge in [0.15, 0.2) is 0 Å². The Morgan fingerprint density at radius 2 is 1.55 bits per heavy atom. The van der Waals surface area contributed by atoms with Crippen molar-refractivity contribution in [3.05, 3.63) is 0 Å². The van der Waals surface area contributed by atoms with Gasteiger partial charge in [-0.15, -0.1) is 0 Å². The molecule has 0 rings (SSSR count). The van der Waals surface area contributed by atoms with E-state index in [0.29, 0.717) is 0 Å². The van der Waals surface area contributed by atoms with Gasteiger partial charge < -0.3 is 15.8 Å². The van der Waals surface area contributed by atoms with E-state index in [2.05, 4.69) is 55.2 Å². The van der Waals surface area contributed by atoms with Crippen LogP contribution in [-0.4, -0.2) is 26.9 Å². The minimum absolute atomic E-state index is 0.750. The van der Waals surface area contributed by atoms with E-state index in [1.54, 1.807) is 0 Å². The lowest BCUT2D eigenvalue weighted by atomic mass is 10.8. The molecular formula is C6H18I2N2O. The summed E-state index contributed by atoms with van der Waals surface area (Å²) in [7, 11) is 3.43. The average molecular weight is 388 g/mol. The van der Waals surface area contributed by atoms with E-state index in [0.717, 1.165) is 12.8 Å². The molecule has 0 amide bonds. The summed E-state index contributed by atoms with van der Waals surface area (Å²) < 4.78 is 0. The Morgan fingerprint density at radius 3 is 1.55 bits per heavy atom. The van der Waals surface area contributed by atoms with Crippen molar-refractivity contribution in [2.45, 2.75) is 13.8 Å².